The van der Waals surface area contributed by atoms with Crippen molar-refractivity contribution in [2.75, 3.05) is 0 Å². The third kappa shape index (κ3) is 2.41. The van der Waals surface area contributed by atoms with Crippen LogP contribution < -0.4 is 0 Å². The number of aldehydes is 1. The number of hydrogen-bond donors (Lipinski definition) is 0. The summed E-state index contributed by atoms with van der Waals surface area (Å²) in [5.74, 6) is 5.41. The molecule has 0 spiro atoms. The summed E-state index contributed by atoms with van der Waals surface area (Å²) in [6, 6.07) is 0. The number of rotatable bonds is 2. The molecule has 8 heavy (non-hydrogen) atoms. The largest absolute Gasteiger partial charge is 0.302 e. The van der Waals surface area contributed by atoms with Crippen LogP contribution in [0, 0.1) is 17.8 Å². The van der Waals surface area contributed by atoms with E-state index in [1.54, 1.807) is 6.92 Å². The molecule has 0 saturated heterocycles. The van der Waals surface area contributed by atoms with Crippen molar-refractivity contribution >= 4 is 6.29 Å². The van der Waals surface area contributed by atoms with Crippen molar-refractivity contribution in [2.45, 2.75) is 20.3 Å². The van der Waals surface area contributed by atoms with E-state index in [1.165, 1.54) is 0 Å². The molecular weight excluding hydrogens is 100 g/mol. The Morgan fingerprint density at radius 1 is 1.75 bits per heavy atom. The molecule has 0 heterocycles. The molecule has 0 N–H and O–H groups in total. The minimum absolute atomic E-state index is 0.0417. The Balaban J connectivity index is 3.64. The zero-order valence-electron chi connectivity index (χ0n) is 5.27. The van der Waals surface area contributed by atoms with E-state index >= 15 is 0 Å². The van der Waals surface area contributed by atoms with Gasteiger partial charge in [-0.3, -0.25) is 0 Å². The van der Waals surface area contributed by atoms with Crippen molar-refractivity contribution in [3.05, 3.63) is 0 Å². The lowest BCUT2D eigenvalue weighted by atomic mass is 10.1. The van der Waals surface area contributed by atoms with Crippen LogP contribution in [0.25, 0.3) is 0 Å². The lowest BCUT2D eigenvalue weighted by molar-refractivity contribution is -0.109. The first kappa shape index (κ1) is 7.23. The van der Waals surface area contributed by atoms with Crippen LogP contribution in [0.3, 0.4) is 0 Å². The van der Waals surface area contributed by atoms with Crippen LogP contribution in [0.15, 0.2) is 0 Å². The molecule has 1 atom stereocenters. The maximum Gasteiger partial charge on any atom is 0.134 e. The van der Waals surface area contributed by atoms with E-state index in [1.807, 2.05) is 6.92 Å². The summed E-state index contributed by atoms with van der Waals surface area (Å²) >= 11 is 0. The highest BCUT2D eigenvalue weighted by atomic mass is 16.1. The van der Waals surface area contributed by atoms with Crippen LogP contribution >= 0.6 is 0 Å². The second-order valence-electron chi connectivity index (χ2n) is 1.55. The van der Waals surface area contributed by atoms with Crippen molar-refractivity contribution in [2.24, 2.45) is 5.92 Å². The van der Waals surface area contributed by atoms with Gasteiger partial charge in [-0.2, -0.15) is 0 Å². The summed E-state index contributed by atoms with van der Waals surface area (Å²) in [4.78, 5) is 10.0. The maximum absolute atomic E-state index is 10.0. The Morgan fingerprint density at radius 2 is 2.38 bits per heavy atom. The molecule has 0 radical (unpaired) electrons. The van der Waals surface area contributed by atoms with Gasteiger partial charge in [0.25, 0.3) is 0 Å². The maximum atomic E-state index is 10.0. The summed E-state index contributed by atoms with van der Waals surface area (Å²) in [6.45, 7) is 3.69. The Hall–Kier alpha value is -0.770. The molecule has 44 valence electrons. The van der Waals surface area contributed by atoms with Crippen LogP contribution in [-0.2, 0) is 4.79 Å². The molecule has 1 nitrogen and oxygen atoms in total. The molecule has 0 aromatic heterocycles. The standard InChI is InChI=1S/C7H10O/c1-3-5-7(4-2)6-8/h6-7H,4H2,1-2H3. The van der Waals surface area contributed by atoms with Crippen molar-refractivity contribution in [3.8, 4) is 11.8 Å². The SMILES string of the molecule is CC#CC(C=O)CC. The van der Waals surface area contributed by atoms with Crippen LogP contribution in [0.5, 0.6) is 0 Å². The molecule has 0 fully saturated rings. The predicted molar refractivity (Wildman–Crippen MR) is 33.3 cm³/mol. The third-order valence-electron chi connectivity index (χ3n) is 0.934. The van der Waals surface area contributed by atoms with Gasteiger partial charge in [-0.25, -0.2) is 0 Å². The van der Waals surface area contributed by atoms with E-state index in [0.717, 1.165) is 12.7 Å². The zero-order valence-corrected chi connectivity index (χ0v) is 5.27. The van der Waals surface area contributed by atoms with E-state index in [9.17, 15) is 4.79 Å². The minimum atomic E-state index is -0.0417. The quantitative estimate of drug-likeness (QED) is 0.386. The molecule has 0 aliphatic rings. The van der Waals surface area contributed by atoms with Crippen LogP contribution in [-0.4, -0.2) is 6.29 Å². The van der Waals surface area contributed by atoms with Crippen molar-refractivity contribution in [1.82, 2.24) is 0 Å². The molecule has 0 aromatic carbocycles. The number of carbonyl (C=O) groups excluding carboxylic acids is 1. The highest BCUT2D eigenvalue weighted by molar-refractivity contribution is 5.58. The molecule has 0 bridgehead atoms. The molecule has 0 rings (SSSR count). The second kappa shape index (κ2) is 4.39. The van der Waals surface area contributed by atoms with Gasteiger partial charge in [0.1, 0.15) is 6.29 Å². The highest BCUT2D eigenvalue weighted by Gasteiger charge is 1.94. The fraction of sp³-hybridized carbons (Fsp3) is 0.571. The topological polar surface area (TPSA) is 17.1 Å². The number of carbonyl (C=O) groups is 1. The Bertz CT molecular complexity index is 116. The summed E-state index contributed by atoms with van der Waals surface area (Å²) < 4.78 is 0. The predicted octanol–water partition coefficient (Wildman–Crippen LogP) is 1.23. The first-order chi connectivity index (χ1) is 3.85. The highest BCUT2D eigenvalue weighted by Crippen LogP contribution is 1.93. The minimum Gasteiger partial charge on any atom is -0.302 e. The van der Waals surface area contributed by atoms with E-state index in [0.29, 0.717) is 0 Å². The third-order valence-corrected chi connectivity index (χ3v) is 0.934. The van der Waals surface area contributed by atoms with Gasteiger partial charge in [0.15, 0.2) is 0 Å². The first-order valence-electron chi connectivity index (χ1n) is 2.72. The van der Waals surface area contributed by atoms with Crippen LogP contribution in [0.1, 0.15) is 20.3 Å². The smallest absolute Gasteiger partial charge is 0.134 e. The van der Waals surface area contributed by atoms with Gasteiger partial charge in [-0.05, 0) is 13.3 Å². The van der Waals surface area contributed by atoms with Gasteiger partial charge in [-0.15, -0.1) is 5.92 Å². The average Bonchev–Trinajstić information content (AvgIpc) is 1.83. The van der Waals surface area contributed by atoms with E-state index in [-0.39, 0.29) is 5.92 Å². The normalized spacial score (nSPS) is 11.2. The fourth-order valence-electron chi connectivity index (χ4n) is 0.418. The average molecular weight is 110 g/mol. The van der Waals surface area contributed by atoms with Gasteiger partial charge in [-0.1, -0.05) is 12.8 Å². The van der Waals surface area contributed by atoms with Crippen molar-refractivity contribution < 1.29 is 4.79 Å². The lowest BCUT2D eigenvalue weighted by Crippen LogP contribution is -1.94. The fourth-order valence-corrected chi connectivity index (χ4v) is 0.418. The van der Waals surface area contributed by atoms with E-state index < -0.39 is 0 Å². The van der Waals surface area contributed by atoms with Gasteiger partial charge in [0, 0.05) is 0 Å². The summed E-state index contributed by atoms with van der Waals surface area (Å²) in [6.07, 6.45) is 1.71. The molecule has 0 aliphatic heterocycles. The molecule has 0 amide bonds. The van der Waals surface area contributed by atoms with Gasteiger partial charge < -0.3 is 4.79 Å². The zero-order chi connectivity index (χ0) is 6.41. The van der Waals surface area contributed by atoms with E-state index in [4.69, 9.17) is 0 Å². The second-order valence-corrected chi connectivity index (χ2v) is 1.55. The summed E-state index contributed by atoms with van der Waals surface area (Å²) in [5, 5.41) is 0. The Labute approximate surface area is 50.1 Å². The number of hydrogen-bond acceptors (Lipinski definition) is 1. The molecule has 1 unspecified atom stereocenters. The monoisotopic (exact) mass is 110 g/mol. The molecule has 0 aliphatic carbocycles. The summed E-state index contributed by atoms with van der Waals surface area (Å²) in [7, 11) is 0. The molecule has 0 aromatic rings. The van der Waals surface area contributed by atoms with Gasteiger partial charge in [0.2, 0.25) is 0 Å². The molecule has 0 saturated carbocycles. The Kier molecular flexibility index (Phi) is 3.97. The Morgan fingerprint density at radius 3 is 2.50 bits per heavy atom. The van der Waals surface area contributed by atoms with Crippen molar-refractivity contribution in [3.63, 3.8) is 0 Å². The summed E-state index contributed by atoms with van der Waals surface area (Å²) in [5.41, 5.74) is 0. The first-order valence-corrected chi connectivity index (χ1v) is 2.72. The molecular formula is C7H10O. The van der Waals surface area contributed by atoms with Crippen molar-refractivity contribution in [1.29, 1.82) is 0 Å². The lowest BCUT2D eigenvalue weighted by Gasteiger charge is -1.90. The molecule has 1 heteroatoms. The van der Waals surface area contributed by atoms with Gasteiger partial charge in [0.05, 0.1) is 5.92 Å². The van der Waals surface area contributed by atoms with Crippen LogP contribution in [0.2, 0.25) is 0 Å². The van der Waals surface area contributed by atoms with Gasteiger partial charge >= 0.3 is 0 Å². The van der Waals surface area contributed by atoms with E-state index in [2.05, 4.69) is 11.8 Å². The van der Waals surface area contributed by atoms with Crippen LogP contribution in [0.4, 0.5) is 0 Å².